The molecule has 0 aliphatic rings. The molecule has 0 aromatic rings. The summed E-state index contributed by atoms with van der Waals surface area (Å²) in [7, 11) is 0. The molecule has 24 heavy (non-hydrogen) atoms. The topological polar surface area (TPSA) is 132 Å². The Labute approximate surface area is 155 Å². The van der Waals surface area contributed by atoms with E-state index in [4.69, 9.17) is 15.3 Å². The fourth-order valence-electron chi connectivity index (χ4n) is 2.46. The van der Waals surface area contributed by atoms with Gasteiger partial charge < -0.3 is 20.4 Å². The number of carboxylic acid groups (broad SMARTS) is 3. The molecule has 0 aromatic carbocycles. The Bertz CT molecular complexity index is 403. The minimum atomic E-state index is -2.83. The number of carboxylic acids is 3. The van der Waals surface area contributed by atoms with Crippen molar-refractivity contribution in [2.24, 2.45) is 5.41 Å². The van der Waals surface area contributed by atoms with Crippen molar-refractivity contribution in [1.29, 1.82) is 0 Å². The zero-order valence-corrected chi connectivity index (χ0v) is 17.4. The van der Waals surface area contributed by atoms with Gasteiger partial charge in [0.2, 0.25) is 0 Å². The molecule has 0 aliphatic carbocycles. The van der Waals surface area contributed by atoms with Crippen LogP contribution in [0.4, 0.5) is 0 Å². The molecule has 0 heterocycles. The Kier molecular flexibility index (Phi) is 13.4. The van der Waals surface area contributed by atoms with E-state index in [1.165, 1.54) is 26.7 Å². The van der Waals surface area contributed by atoms with Crippen LogP contribution in [0.5, 0.6) is 0 Å². The second kappa shape index (κ2) is 12.6. The van der Waals surface area contributed by atoms with E-state index in [-0.39, 0.29) is 36.1 Å². The number of carbonyl (C=O) groups is 3. The van der Waals surface area contributed by atoms with Gasteiger partial charge in [-0.25, -0.2) is 4.79 Å². The van der Waals surface area contributed by atoms with E-state index >= 15 is 0 Å². The van der Waals surface area contributed by atoms with Crippen molar-refractivity contribution >= 4 is 17.9 Å². The molecule has 0 saturated heterocycles. The van der Waals surface area contributed by atoms with Crippen LogP contribution >= 0.6 is 0 Å². The van der Waals surface area contributed by atoms with Gasteiger partial charge in [-0.05, 0) is 12.8 Å². The molecule has 1 atom stereocenters. The van der Waals surface area contributed by atoms with Crippen molar-refractivity contribution in [3.8, 4) is 0 Å². The molecule has 0 aromatic heterocycles. The van der Waals surface area contributed by atoms with Crippen LogP contribution in [-0.2, 0) is 37.6 Å². The molecule has 140 valence electrons. The van der Waals surface area contributed by atoms with E-state index in [9.17, 15) is 19.5 Å². The zero-order chi connectivity index (χ0) is 19.4. The second-order valence-electron chi connectivity index (χ2n) is 5.58. The van der Waals surface area contributed by atoms with Crippen LogP contribution in [0.1, 0.15) is 59.8 Å². The Morgan fingerprint density at radius 1 is 0.833 bits per heavy atom. The Hall–Kier alpha value is -0.747. The van der Waals surface area contributed by atoms with Gasteiger partial charge in [0, 0.05) is 0 Å². The molecule has 0 spiro atoms. The van der Waals surface area contributed by atoms with Crippen LogP contribution in [-0.4, -0.2) is 43.9 Å². The number of aliphatic hydroxyl groups is 1. The van der Waals surface area contributed by atoms with Crippen molar-refractivity contribution < 1.29 is 58.0 Å². The summed E-state index contributed by atoms with van der Waals surface area (Å²) < 4.78 is 3.19. The van der Waals surface area contributed by atoms with E-state index in [1.54, 1.807) is 8.26 Å². The molecule has 0 amide bonds. The van der Waals surface area contributed by atoms with Crippen molar-refractivity contribution in [2.75, 3.05) is 0 Å². The summed E-state index contributed by atoms with van der Waals surface area (Å²) in [5, 5.41) is 36.7. The first-order valence-electron chi connectivity index (χ1n) is 8.21. The SMILES string of the molecule is CCC(CC)(C(=O)O)C(O)(CC(=O)O)C(=O)O.CC[CH2][Zr][CH2]CC. The Balaban J connectivity index is 0. The predicted octanol–water partition coefficient (Wildman–Crippen LogP) is 2.89. The van der Waals surface area contributed by atoms with Gasteiger partial charge in [-0.3, -0.25) is 9.59 Å². The number of rotatable bonds is 11. The first kappa shape index (κ1) is 25.5. The molecular formula is C16H30O7Zr. The van der Waals surface area contributed by atoms with Gasteiger partial charge in [0.25, 0.3) is 0 Å². The maximum absolute atomic E-state index is 11.2. The van der Waals surface area contributed by atoms with Gasteiger partial charge in [-0.2, -0.15) is 0 Å². The molecule has 0 rings (SSSR count). The van der Waals surface area contributed by atoms with Gasteiger partial charge in [0.1, 0.15) is 5.41 Å². The molecule has 0 bridgehead atoms. The minimum absolute atomic E-state index is 0.181. The van der Waals surface area contributed by atoms with E-state index in [1.807, 2.05) is 0 Å². The van der Waals surface area contributed by atoms with Crippen LogP contribution in [0.3, 0.4) is 0 Å². The van der Waals surface area contributed by atoms with Crippen LogP contribution in [0.15, 0.2) is 0 Å². The van der Waals surface area contributed by atoms with Gasteiger partial charge >= 0.3 is 76.1 Å². The first-order chi connectivity index (χ1) is 11.1. The summed E-state index contributed by atoms with van der Waals surface area (Å²) in [6.07, 6.45) is 1.35. The summed E-state index contributed by atoms with van der Waals surface area (Å²) >= 11 is 0.181. The van der Waals surface area contributed by atoms with Crippen LogP contribution < -0.4 is 0 Å². The van der Waals surface area contributed by atoms with Crippen molar-refractivity contribution in [1.82, 2.24) is 0 Å². The first-order valence-corrected chi connectivity index (χ1v) is 11.7. The third-order valence-electron chi connectivity index (χ3n) is 4.02. The van der Waals surface area contributed by atoms with Gasteiger partial charge in [-0.15, -0.1) is 0 Å². The Morgan fingerprint density at radius 2 is 1.25 bits per heavy atom. The van der Waals surface area contributed by atoms with Gasteiger partial charge in [-0.1, -0.05) is 13.8 Å². The molecule has 1 unspecified atom stereocenters. The predicted molar refractivity (Wildman–Crippen MR) is 85.7 cm³/mol. The second-order valence-corrected chi connectivity index (χ2v) is 9.27. The third-order valence-corrected chi connectivity index (χ3v) is 8.22. The van der Waals surface area contributed by atoms with Crippen molar-refractivity contribution in [2.45, 2.75) is 73.7 Å². The van der Waals surface area contributed by atoms with Crippen molar-refractivity contribution in [3.05, 3.63) is 0 Å². The average molecular weight is 426 g/mol. The third kappa shape index (κ3) is 7.01. The van der Waals surface area contributed by atoms with Crippen LogP contribution in [0.2, 0.25) is 8.26 Å². The fraction of sp³-hybridized carbons (Fsp3) is 0.812. The number of hydrogen-bond acceptors (Lipinski definition) is 4. The monoisotopic (exact) mass is 424 g/mol. The fourth-order valence-corrected chi connectivity index (χ4v) is 4.81. The number of aliphatic carboxylic acids is 3. The van der Waals surface area contributed by atoms with E-state index in [2.05, 4.69) is 13.8 Å². The molecule has 7 nitrogen and oxygen atoms in total. The quantitative estimate of drug-likeness (QED) is 0.374. The molecular weight excluding hydrogens is 395 g/mol. The molecule has 0 fully saturated rings. The molecule has 4 N–H and O–H groups in total. The standard InChI is InChI=1S/C10H16O7.2C3H7.Zr/c1-3-9(4-2,7(13)14)10(17,8(15)16)5-6(11)12;2*1-3-2;/h17H,3-5H2,1-2H3,(H,11,12)(H,13,14)(H,15,16);2*1,3H2,2H3;. The molecule has 8 heteroatoms. The summed E-state index contributed by atoms with van der Waals surface area (Å²) in [5.41, 5.74) is -4.84. The molecule has 0 aliphatic heterocycles. The Morgan fingerprint density at radius 3 is 1.46 bits per heavy atom. The average Bonchev–Trinajstić information content (AvgIpc) is 2.49. The van der Waals surface area contributed by atoms with Gasteiger partial charge in [0.05, 0.1) is 6.42 Å². The number of hydrogen-bond donors (Lipinski definition) is 4. The molecule has 0 radical (unpaired) electrons. The van der Waals surface area contributed by atoms with Gasteiger partial charge in [0.15, 0.2) is 5.60 Å². The molecule has 0 saturated carbocycles. The van der Waals surface area contributed by atoms with E-state index in [0.29, 0.717) is 0 Å². The summed E-state index contributed by atoms with van der Waals surface area (Å²) in [6, 6.07) is 0. The van der Waals surface area contributed by atoms with Crippen LogP contribution in [0.25, 0.3) is 0 Å². The summed E-state index contributed by atoms with van der Waals surface area (Å²) in [5.74, 6) is -4.93. The van der Waals surface area contributed by atoms with E-state index in [0.717, 1.165) is 0 Å². The normalized spacial score (nSPS) is 13.2. The summed E-state index contributed by atoms with van der Waals surface area (Å²) in [4.78, 5) is 32.9. The van der Waals surface area contributed by atoms with E-state index < -0.39 is 35.3 Å². The maximum atomic E-state index is 11.2. The van der Waals surface area contributed by atoms with Crippen LogP contribution in [0, 0.1) is 5.41 Å². The van der Waals surface area contributed by atoms with Crippen molar-refractivity contribution in [3.63, 3.8) is 0 Å². The summed E-state index contributed by atoms with van der Waals surface area (Å²) in [6.45, 7) is 7.37. The zero-order valence-electron chi connectivity index (χ0n) is 15.0.